The molecule has 0 radical (unpaired) electrons. The molecule has 0 aliphatic heterocycles. The minimum atomic E-state index is -1.44. The molecule has 94 valence electrons. The molecule has 8 heteroatoms. The van der Waals surface area contributed by atoms with Gasteiger partial charge in [-0.3, -0.25) is 0 Å². The molecule has 0 aliphatic carbocycles. The first-order valence-electron chi connectivity index (χ1n) is 4.83. The number of hydrogen-bond acceptors (Lipinski definition) is 6. The van der Waals surface area contributed by atoms with Crippen LogP contribution in [0, 0.1) is 0 Å². The Morgan fingerprint density at radius 2 is 1.63 bits per heavy atom. The number of phenols is 1. The van der Waals surface area contributed by atoms with Crippen LogP contribution < -0.4 is 75.1 Å². The van der Waals surface area contributed by atoms with Crippen molar-refractivity contribution in [1.82, 2.24) is 0 Å². The summed E-state index contributed by atoms with van der Waals surface area (Å²) in [6, 6.07) is 7.50. The smallest absolute Gasteiger partial charge is 0.550 e. The molecule has 1 atom stereocenters. The summed E-state index contributed by atoms with van der Waals surface area (Å²) < 4.78 is 0. The number of carboxylic acids is 2. The molecule has 0 fully saturated rings. The number of hydrogen-bond donors (Lipinski definition) is 2. The van der Waals surface area contributed by atoms with Crippen LogP contribution in [-0.2, 0) is 9.59 Å². The molecule has 1 unspecified atom stereocenters. The Balaban J connectivity index is -0.000000253. The molecule has 1 rings (SSSR count). The molecule has 0 aromatic heterocycles. The van der Waals surface area contributed by atoms with Crippen molar-refractivity contribution in [2.45, 2.75) is 18.9 Å². The van der Waals surface area contributed by atoms with Crippen LogP contribution in [0.5, 0.6) is 5.75 Å². The van der Waals surface area contributed by atoms with Gasteiger partial charge >= 0.3 is 59.1 Å². The Morgan fingerprint density at radius 1 is 1.16 bits per heavy atom. The van der Waals surface area contributed by atoms with Gasteiger partial charge in [0.15, 0.2) is 0 Å². The molecule has 0 saturated heterocycles. The summed E-state index contributed by atoms with van der Waals surface area (Å²) in [6.45, 7) is 0. The van der Waals surface area contributed by atoms with Crippen molar-refractivity contribution >= 4 is 11.9 Å². The Labute approximate surface area is 155 Å². The van der Waals surface area contributed by atoms with E-state index < -0.39 is 18.0 Å². The number of aromatic hydroxyl groups is 1. The first-order valence-corrected chi connectivity index (χ1v) is 4.83. The van der Waals surface area contributed by atoms with Crippen molar-refractivity contribution in [3.63, 3.8) is 0 Å². The van der Waals surface area contributed by atoms with E-state index >= 15 is 0 Å². The zero-order valence-electron chi connectivity index (χ0n) is 11.0. The number of nitrogens with two attached hydrogens (primary N) is 1. The summed E-state index contributed by atoms with van der Waals surface area (Å²) in [7, 11) is 0. The van der Waals surface area contributed by atoms with Gasteiger partial charge in [0.2, 0.25) is 0 Å². The van der Waals surface area contributed by atoms with Crippen molar-refractivity contribution < 1.29 is 84.0 Å². The summed E-state index contributed by atoms with van der Waals surface area (Å²) in [5.74, 6) is -2.43. The molecule has 0 amide bonds. The van der Waals surface area contributed by atoms with Crippen molar-refractivity contribution in [3.8, 4) is 5.75 Å². The minimum absolute atomic E-state index is 0. The zero-order chi connectivity index (χ0) is 13.3. The van der Waals surface area contributed by atoms with Gasteiger partial charge in [-0.25, -0.2) is 0 Å². The van der Waals surface area contributed by atoms with Crippen LogP contribution in [0.25, 0.3) is 0 Å². The van der Waals surface area contributed by atoms with Crippen LogP contribution in [0.3, 0.4) is 0 Å². The maximum atomic E-state index is 9.86. The number of phenolic OH excluding ortho intramolecular Hbond substituents is 1. The maximum absolute atomic E-state index is 9.86. The molecular formula is C11H13NNa2O5. The molecular weight excluding hydrogens is 272 g/mol. The summed E-state index contributed by atoms with van der Waals surface area (Å²) >= 11 is 0. The molecule has 3 N–H and O–H groups in total. The zero-order valence-corrected chi connectivity index (χ0v) is 15.0. The third-order valence-corrected chi connectivity index (χ3v) is 1.72. The predicted molar refractivity (Wildman–Crippen MR) is 55.3 cm³/mol. The molecule has 0 bridgehead atoms. The standard InChI is InChI=1S/C6H6O.C5H9NO4.2Na/c7-6-4-2-1-3-5-6;6-3(5(9)10)1-2-4(7)8;;/h1-5,7H;3H,1-2,6H2,(H,7,8)(H,9,10);;/q;;2*+1/p-2. The van der Waals surface area contributed by atoms with Crippen LogP contribution >= 0.6 is 0 Å². The minimum Gasteiger partial charge on any atom is -0.550 e. The number of rotatable bonds is 4. The number of carbonyl (C=O) groups excluding carboxylic acids is 2. The molecule has 0 heterocycles. The topological polar surface area (TPSA) is 127 Å². The van der Waals surface area contributed by atoms with Gasteiger partial charge in [0.05, 0.1) is 5.97 Å². The van der Waals surface area contributed by atoms with Gasteiger partial charge < -0.3 is 30.6 Å². The van der Waals surface area contributed by atoms with E-state index in [1.165, 1.54) is 0 Å². The third-order valence-electron chi connectivity index (χ3n) is 1.72. The second-order valence-corrected chi connectivity index (χ2v) is 3.17. The normalized spacial score (nSPS) is 9.74. The van der Waals surface area contributed by atoms with Gasteiger partial charge in [0.25, 0.3) is 0 Å². The molecule has 6 nitrogen and oxygen atoms in total. The third kappa shape index (κ3) is 15.9. The second kappa shape index (κ2) is 14.3. The molecule has 19 heavy (non-hydrogen) atoms. The second-order valence-electron chi connectivity index (χ2n) is 3.17. The Hall–Kier alpha value is -0.0800. The van der Waals surface area contributed by atoms with Crippen molar-refractivity contribution in [2.24, 2.45) is 5.73 Å². The summed E-state index contributed by atoms with van der Waals surface area (Å²) in [4.78, 5) is 19.6. The van der Waals surface area contributed by atoms with Crippen molar-refractivity contribution in [3.05, 3.63) is 30.3 Å². The van der Waals surface area contributed by atoms with Gasteiger partial charge in [0, 0.05) is 12.0 Å². The van der Waals surface area contributed by atoms with Gasteiger partial charge in [-0.15, -0.1) is 0 Å². The quantitative estimate of drug-likeness (QED) is 0.529. The molecule has 1 aromatic rings. The monoisotopic (exact) mass is 285 g/mol. The van der Waals surface area contributed by atoms with Gasteiger partial charge in [-0.05, 0) is 25.0 Å². The first kappa shape index (κ1) is 24.0. The molecule has 1 aromatic carbocycles. The average molecular weight is 285 g/mol. The van der Waals surface area contributed by atoms with Gasteiger partial charge in [-0.1, -0.05) is 18.2 Å². The van der Waals surface area contributed by atoms with E-state index in [0.717, 1.165) is 0 Å². The summed E-state index contributed by atoms with van der Waals surface area (Å²) in [5.41, 5.74) is 4.91. The number of aliphatic carboxylic acids is 2. The first-order chi connectivity index (χ1) is 7.93. The predicted octanol–water partition coefficient (Wildman–Crippen LogP) is -8.01. The van der Waals surface area contributed by atoms with Crippen molar-refractivity contribution in [2.75, 3.05) is 0 Å². The molecule has 0 spiro atoms. The fraction of sp³-hybridized carbons (Fsp3) is 0.273. The van der Waals surface area contributed by atoms with E-state index in [2.05, 4.69) is 0 Å². The van der Waals surface area contributed by atoms with Crippen molar-refractivity contribution in [1.29, 1.82) is 0 Å². The number of benzene rings is 1. The Morgan fingerprint density at radius 3 is 1.89 bits per heavy atom. The maximum Gasteiger partial charge on any atom is 1.00 e. The van der Waals surface area contributed by atoms with Crippen LogP contribution in [0.2, 0.25) is 0 Å². The average Bonchev–Trinajstić information content (AvgIpc) is 2.27. The Bertz CT molecular complexity index is 361. The van der Waals surface area contributed by atoms with Gasteiger partial charge in [-0.2, -0.15) is 0 Å². The van der Waals surface area contributed by atoms with E-state index in [9.17, 15) is 19.8 Å². The van der Waals surface area contributed by atoms with E-state index in [-0.39, 0.29) is 72.0 Å². The van der Waals surface area contributed by atoms with E-state index in [0.29, 0.717) is 5.75 Å². The Kier molecular flexibility index (Phi) is 18.1. The fourth-order valence-corrected chi connectivity index (χ4v) is 0.819. The fourth-order valence-electron chi connectivity index (χ4n) is 0.819. The van der Waals surface area contributed by atoms with Gasteiger partial charge in [0.1, 0.15) is 5.75 Å². The van der Waals surface area contributed by atoms with Crippen LogP contribution in [-0.4, -0.2) is 23.1 Å². The molecule has 0 saturated carbocycles. The number of carbonyl (C=O) groups is 2. The van der Waals surface area contributed by atoms with E-state index in [1.54, 1.807) is 24.3 Å². The van der Waals surface area contributed by atoms with Crippen LogP contribution in [0.15, 0.2) is 30.3 Å². The summed E-state index contributed by atoms with van der Waals surface area (Å²) in [5, 5.41) is 28.2. The summed E-state index contributed by atoms with van der Waals surface area (Å²) in [6.07, 6.45) is -0.500. The number of carboxylic acid groups (broad SMARTS) is 2. The van der Waals surface area contributed by atoms with Crippen LogP contribution in [0.1, 0.15) is 12.8 Å². The largest absolute Gasteiger partial charge is 1.00 e. The van der Waals surface area contributed by atoms with Crippen LogP contribution in [0.4, 0.5) is 0 Å². The molecule has 0 aliphatic rings. The van der Waals surface area contributed by atoms with E-state index in [4.69, 9.17) is 10.8 Å². The number of para-hydroxylation sites is 1. The van der Waals surface area contributed by atoms with E-state index in [1.807, 2.05) is 6.07 Å². The SMILES string of the molecule is NC(CCC(=O)[O-])C(=O)[O-].Oc1ccccc1.[Na+].[Na+].